The molecule has 0 saturated carbocycles. The number of rotatable bonds is 6. The molecule has 0 aliphatic carbocycles. The summed E-state index contributed by atoms with van der Waals surface area (Å²) in [6.07, 6.45) is -12.7. The Kier molecular flexibility index (Phi) is 6.46. The Morgan fingerprint density at radius 1 is 0.875 bits per heavy atom. The molecular weight excluding hydrogens is 336 g/mol. The molecule has 24 heavy (non-hydrogen) atoms. The second-order valence-corrected chi connectivity index (χ2v) is 5.64. The third kappa shape index (κ3) is 3.29. The monoisotopic (exact) mass is 358 g/mol. The first-order chi connectivity index (χ1) is 11.3. The second kappa shape index (κ2) is 7.82. The molecule has 2 heterocycles. The van der Waals surface area contributed by atoms with Crippen molar-refractivity contribution in [3.8, 4) is 0 Å². The molecule has 0 bridgehead atoms. The Bertz CT molecular complexity index is 409. The molecule has 0 aromatic rings. The number of hydrogen-bond donors (Lipinski definition) is 8. The molecule has 2 saturated heterocycles. The van der Waals surface area contributed by atoms with E-state index in [1.54, 1.807) is 0 Å². The maximum absolute atomic E-state index is 10.0. The lowest BCUT2D eigenvalue weighted by Crippen LogP contribution is -2.63. The molecule has 2 aliphatic heterocycles. The average Bonchev–Trinajstić information content (AvgIpc) is 2.83. The van der Waals surface area contributed by atoms with Gasteiger partial charge >= 0.3 is 0 Å². The molecule has 12 nitrogen and oxygen atoms in total. The van der Waals surface area contributed by atoms with Crippen LogP contribution >= 0.6 is 0 Å². The fourth-order valence-electron chi connectivity index (χ4n) is 2.73. The van der Waals surface area contributed by atoms with Crippen LogP contribution in [0.25, 0.3) is 0 Å². The van der Waals surface area contributed by atoms with E-state index in [2.05, 4.69) is 4.89 Å². The third-order valence-corrected chi connectivity index (χ3v) is 4.17. The Morgan fingerprint density at radius 2 is 1.50 bits per heavy atom. The normalized spacial score (nSPS) is 49.5. The van der Waals surface area contributed by atoms with Crippen molar-refractivity contribution in [1.82, 2.24) is 0 Å². The molecule has 2 aliphatic rings. The van der Waals surface area contributed by atoms with E-state index in [-0.39, 0.29) is 0 Å². The van der Waals surface area contributed by atoms with Crippen molar-refractivity contribution in [2.24, 2.45) is 0 Å². The van der Waals surface area contributed by atoms with E-state index in [1.165, 1.54) is 0 Å². The van der Waals surface area contributed by atoms with Gasteiger partial charge in [-0.3, -0.25) is 5.26 Å². The Labute approximate surface area is 135 Å². The zero-order chi connectivity index (χ0) is 18.1. The summed E-state index contributed by atoms with van der Waals surface area (Å²) in [4.78, 5) is 4.02. The van der Waals surface area contributed by atoms with Crippen molar-refractivity contribution in [2.45, 2.75) is 54.8 Å². The minimum Gasteiger partial charge on any atom is -0.394 e. The molecule has 0 unspecified atom stereocenters. The largest absolute Gasteiger partial charge is 0.394 e. The fraction of sp³-hybridized carbons (Fsp3) is 1.00. The van der Waals surface area contributed by atoms with Crippen LogP contribution in [0.4, 0.5) is 0 Å². The van der Waals surface area contributed by atoms with E-state index < -0.39 is 74.6 Å². The van der Waals surface area contributed by atoms with Gasteiger partial charge in [-0.15, -0.1) is 0 Å². The highest BCUT2D eigenvalue weighted by Crippen LogP contribution is 2.36. The molecule has 12 heteroatoms. The van der Waals surface area contributed by atoms with Crippen molar-refractivity contribution >= 4 is 0 Å². The van der Waals surface area contributed by atoms with Gasteiger partial charge in [0, 0.05) is 0 Å². The zero-order valence-electron chi connectivity index (χ0n) is 12.5. The zero-order valence-corrected chi connectivity index (χ0v) is 12.5. The van der Waals surface area contributed by atoms with E-state index in [0.717, 1.165) is 0 Å². The van der Waals surface area contributed by atoms with Crippen LogP contribution in [0.1, 0.15) is 0 Å². The van der Waals surface area contributed by atoms with Crippen LogP contribution in [0.5, 0.6) is 0 Å². The molecule has 0 aromatic heterocycles. The summed E-state index contributed by atoms with van der Waals surface area (Å²) in [5, 5.41) is 76.2. The van der Waals surface area contributed by atoms with Gasteiger partial charge in [-0.2, -0.15) is 0 Å². The minimum atomic E-state index is -2.25. The van der Waals surface area contributed by atoms with E-state index in [0.29, 0.717) is 0 Å². The summed E-state index contributed by atoms with van der Waals surface area (Å²) in [5.41, 5.74) is 0. The molecule has 0 amide bonds. The molecule has 0 aromatic carbocycles. The third-order valence-electron chi connectivity index (χ3n) is 4.17. The molecule has 2 rings (SSSR count). The van der Waals surface area contributed by atoms with Crippen LogP contribution in [0.3, 0.4) is 0 Å². The predicted octanol–water partition coefficient (Wildman–Crippen LogP) is -4.90. The Balaban J connectivity index is 2.22. The maximum atomic E-state index is 10.0. The fourth-order valence-corrected chi connectivity index (χ4v) is 2.73. The SMILES string of the molecule is OC[C@H]1O[C@@](CO)(O[C@H]2O[C@H](CO)[C@@H](O)[C@H](O)[C@H]2OO)[C@@H](O)[C@@H]1O. The summed E-state index contributed by atoms with van der Waals surface area (Å²) in [6, 6.07) is 0. The highest BCUT2D eigenvalue weighted by molar-refractivity contribution is 4.98. The molecular formula is C12H22O12. The van der Waals surface area contributed by atoms with Gasteiger partial charge in [-0.25, -0.2) is 4.89 Å². The summed E-state index contributed by atoms with van der Waals surface area (Å²) in [7, 11) is 0. The molecule has 9 atom stereocenters. The van der Waals surface area contributed by atoms with Crippen LogP contribution in [0.2, 0.25) is 0 Å². The lowest BCUT2D eigenvalue weighted by Gasteiger charge is -2.43. The molecule has 142 valence electrons. The average molecular weight is 358 g/mol. The lowest BCUT2D eigenvalue weighted by molar-refractivity contribution is -0.426. The van der Waals surface area contributed by atoms with E-state index in [1.807, 2.05) is 0 Å². The van der Waals surface area contributed by atoms with Gasteiger partial charge in [0.15, 0.2) is 12.4 Å². The second-order valence-electron chi connectivity index (χ2n) is 5.64. The highest BCUT2D eigenvalue weighted by Gasteiger charge is 2.58. The van der Waals surface area contributed by atoms with Crippen LogP contribution in [0, 0.1) is 0 Å². The molecule has 0 radical (unpaired) electrons. The van der Waals surface area contributed by atoms with Crippen molar-refractivity contribution in [3.05, 3.63) is 0 Å². The molecule has 0 spiro atoms. The first-order valence-corrected chi connectivity index (χ1v) is 7.21. The first-order valence-electron chi connectivity index (χ1n) is 7.21. The van der Waals surface area contributed by atoms with Crippen molar-refractivity contribution in [1.29, 1.82) is 0 Å². The van der Waals surface area contributed by atoms with Gasteiger partial charge in [-0.05, 0) is 0 Å². The minimum absolute atomic E-state index is 0.685. The van der Waals surface area contributed by atoms with Crippen molar-refractivity contribution in [2.75, 3.05) is 19.8 Å². The topological polar surface area (TPSA) is 199 Å². The van der Waals surface area contributed by atoms with Crippen molar-refractivity contribution < 1.29 is 60.1 Å². The number of aliphatic hydroxyl groups excluding tert-OH is 7. The van der Waals surface area contributed by atoms with Gasteiger partial charge in [0.25, 0.3) is 0 Å². The number of aliphatic hydroxyl groups is 7. The number of hydrogen-bond acceptors (Lipinski definition) is 12. The lowest BCUT2D eigenvalue weighted by atomic mass is 9.99. The smallest absolute Gasteiger partial charge is 0.224 e. The van der Waals surface area contributed by atoms with Gasteiger partial charge in [0.05, 0.1) is 13.2 Å². The standard InChI is InChI=1S/C12H22O12/c13-1-4-6(16)8(18)9(24-20)11(21-4)23-12(3-15)10(19)7(17)5(2-14)22-12/h4-11,13-20H,1-3H2/t4-,5-,6-,7-,8+,9-,10+,11-,12+/m1/s1. The van der Waals surface area contributed by atoms with E-state index in [4.69, 9.17) is 29.7 Å². The summed E-state index contributed by atoms with van der Waals surface area (Å²) < 4.78 is 15.6. The number of ether oxygens (including phenoxy) is 3. The van der Waals surface area contributed by atoms with Crippen molar-refractivity contribution in [3.63, 3.8) is 0 Å². The molecule has 8 N–H and O–H groups in total. The Hall–Kier alpha value is -0.480. The highest BCUT2D eigenvalue weighted by atomic mass is 17.1. The van der Waals surface area contributed by atoms with E-state index in [9.17, 15) is 25.5 Å². The summed E-state index contributed by atoms with van der Waals surface area (Å²) in [6.45, 7) is -2.38. The quantitative estimate of drug-likeness (QED) is 0.166. The van der Waals surface area contributed by atoms with Gasteiger partial charge < -0.3 is 50.0 Å². The molecule has 2 fully saturated rings. The van der Waals surface area contributed by atoms with Gasteiger partial charge in [0.1, 0.15) is 43.2 Å². The first kappa shape index (κ1) is 19.8. The van der Waals surface area contributed by atoms with Crippen LogP contribution < -0.4 is 0 Å². The van der Waals surface area contributed by atoms with Crippen LogP contribution in [-0.4, -0.2) is 116 Å². The van der Waals surface area contributed by atoms with Crippen LogP contribution in [0.15, 0.2) is 0 Å². The van der Waals surface area contributed by atoms with Gasteiger partial charge in [-0.1, -0.05) is 0 Å². The van der Waals surface area contributed by atoms with Gasteiger partial charge in [0.2, 0.25) is 5.79 Å². The maximum Gasteiger partial charge on any atom is 0.224 e. The Morgan fingerprint density at radius 3 is 1.96 bits per heavy atom. The predicted molar refractivity (Wildman–Crippen MR) is 70.1 cm³/mol. The van der Waals surface area contributed by atoms with Crippen LogP contribution in [-0.2, 0) is 19.1 Å². The van der Waals surface area contributed by atoms with E-state index >= 15 is 0 Å². The summed E-state index contributed by atoms with van der Waals surface area (Å²) >= 11 is 0. The summed E-state index contributed by atoms with van der Waals surface area (Å²) in [5.74, 6) is -2.25.